The monoisotopic (exact) mass is 182 g/mol. The third-order valence-corrected chi connectivity index (χ3v) is 2.12. The fraction of sp³-hybridized carbons (Fsp3) is 0.667. The van der Waals surface area contributed by atoms with Crippen molar-refractivity contribution in [3.8, 4) is 0 Å². The van der Waals surface area contributed by atoms with E-state index < -0.39 is 0 Å². The third kappa shape index (κ3) is 9.19. The molecule has 0 aliphatic carbocycles. The highest BCUT2D eigenvalue weighted by molar-refractivity contribution is 4.86. The van der Waals surface area contributed by atoms with Gasteiger partial charge in [-0.1, -0.05) is 25.0 Å². The standard InChI is InChI=1S/C12H22O/c1-3-5-6-7-8-9-10-11-12(13)4-2/h3-5,13H,6-11H2,1-2H3. The highest BCUT2D eigenvalue weighted by atomic mass is 16.3. The van der Waals surface area contributed by atoms with Crippen LogP contribution in [0.25, 0.3) is 0 Å². The lowest BCUT2D eigenvalue weighted by Crippen LogP contribution is -1.82. The van der Waals surface area contributed by atoms with Crippen molar-refractivity contribution in [1.82, 2.24) is 0 Å². The van der Waals surface area contributed by atoms with Gasteiger partial charge in [-0.3, -0.25) is 0 Å². The van der Waals surface area contributed by atoms with Gasteiger partial charge < -0.3 is 5.11 Å². The minimum atomic E-state index is 0.536. The van der Waals surface area contributed by atoms with Crippen molar-refractivity contribution in [1.29, 1.82) is 0 Å². The summed E-state index contributed by atoms with van der Waals surface area (Å²) < 4.78 is 0. The van der Waals surface area contributed by atoms with Gasteiger partial charge >= 0.3 is 0 Å². The van der Waals surface area contributed by atoms with Gasteiger partial charge in [0.15, 0.2) is 0 Å². The van der Waals surface area contributed by atoms with Crippen LogP contribution >= 0.6 is 0 Å². The average Bonchev–Trinajstić information content (AvgIpc) is 2.16. The maximum atomic E-state index is 9.15. The zero-order chi connectivity index (χ0) is 9.94. The van der Waals surface area contributed by atoms with E-state index in [1.165, 1.54) is 25.7 Å². The third-order valence-electron chi connectivity index (χ3n) is 2.12. The lowest BCUT2D eigenvalue weighted by atomic mass is 10.1. The summed E-state index contributed by atoms with van der Waals surface area (Å²) in [4.78, 5) is 0. The van der Waals surface area contributed by atoms with E-state index in [4.69, 9.17) is 5.11 Å². The van der Waals surface area contributed by atoms with Crippen molar-refractivity contribution in [3.05, 3.63) is 24.0 Å². The van der Waals surface area contributed by atoms with Gasteiger partial charge in [-0.25, -0.2) is 0 Å². The Hall–Kier alpha value is -0.720. The molecule has 0 heterocycles. The number of hydrogen-bond donors (Lipinski definition) is 1. The van der Waals surface area contributed by atoms with Crippen molar-refractivity contribution in [2.24, 2.45) is 0 Å². The molecule has 1 heteroatoms. The lowest BCUT2D eigenvalue weighted by molar-refractivity contribution is 0.379. The Morgan fingerprint density at radius 2 is 1.77 bits per heavy atom. The number of allylic oxidation sites excluding steroid dienone is 4. The van der Waals surface area contributed by atoms with E-state index in [9.17, 15) is 0 Å². The van der Waals surface area contributed by atoms with Gasteiger partial charge in [-0.2, -0.15) is 0 Å². The maximum absolute atomic E-state index is 9.15. The second-order valence-corrected chi connectivity index (χ2v) is 3.30. The highest BCUT2D eigenvalue weighted by Crippen LogP contribution is 2.09. The van der Waals surface area contributed by atoms with Crippen molar-refractivity contribution in [3.63, 3.8) is 0 Å². The number of hydrogen-bond acceptors (Lipinski definition) is 1. The Balaban J connectivity index is 3.08. The first-order valence-electron chi connectivity index (χ1n) is 5.26. The van der Waals surface area contributed by atoms with Gasteiger partial charge in [-0.05, 0) is 39.2 Å². The molecule has 0 saturated heterocycles. The van der Waals surface area contributed by atoms with Crippen LogP contribution in [0.2, 0.25) is 0 Å². The number of rotatable bonds is 7. The molecule has 0 aromatic heterocycles. The molecular weight excluding hydrogens is 160 g/mol. The molecule has 13 heavy (non-hydrogen) atoms. The van der Waals surface area contributed by atoms with Gasteiger partial charge in [0, 0.05) is 6.42 Å². The van der Waals surface area contributed by atoms with E-state index in [0.717, 1.165) is 12.8 Å². The first kappa shape index (κ1) is 12.3. The molecule has 0 fully saturated rings. The van der Waals surface area contributed by atoms with Crippen LogP contribution in [0.1, 0.15) is 52.4 Å². The quantitative estimate of drug-likeness (QED) is 0.352. The number of unbranched alkanes of at least 4 members (excludes halogenated alkanes) is 4. The van der Waals surface area contributed by atoms with Crippen LogP contribution in [-0.4, -0.2) is 5.11 Å². The van der Waals surface area contributed by atoms with E-state index in [1.54, 1.807) is 6.08 Å². The van der Waals surface area contributed by atoms with Crippen molar-refractivity contribution in [2.45, 2.75) is 52.4 Å². The summed E-state index contributed by atoms with van der Waals surface area (Å²) in [6.45, 7) is 3.94. The van der Waals surface area contributed by atoms with Gasteiger partial charge in [0.05, 0.1) is 5.76 Å². The summed E-state index contributed by atoms with van der Waals surface area (Å²) in [5, 5.41) is 9.15. The first-order chi connectivity index (χ1) is 6.31. The van der Waals surface area contributed by atoms with Gasteiger partial charge in [0.1, 0.15) is 0 Å². The average molecular weight is 182 g/mol. The normalized spacial score (nSPS) is 12.6. The zero-order valence-electron chi connectivity index (χ0n) is 8.92. The molecule has 0 unspecified atom stereocenters. The van der Waals surface area contributed by atoms with Crippen LogP contribution in [0, 0.1) is 0 Å². The molecule has 0 atom stereocenters. The van der Waals surface area contributed by atoms with Crippen LogP contribution in [-0.2, 0) is 0 Å². The predicted octanol–water partition coefficient (Wildman–Crippen LogP) is 4.36. The molecule has 1 nitrogen and oxygen atoms in total. The van der Waals surface area contributed by atoms with E-state index in [1.807, 2.05) is 6.92 Å². The smallest absolute Gasteiger partial charge is 0.0880 e. The fourth-order valence-corrected chi connectivity index (χ4v) is 1.23. The Kier molecular flexibility index (Phi) is 8.85. The topological polar surface area (TPSA) is 20.2 Å². The minimum Gasteiger partial charge on any atom is -0.513 e. The molecule has 0 bridgehead atoms. The van der Waals surface area contributed by atoms with E-state index >= 15 is 0 Å². The van der Waals surface area contributed by atoms with E-state index in [0.29, 0.717) is 5.76 Å². The van der Waals surface area contributed by atoms with Crippen LogP contribution in [0.15, 0.2) is 24.0 Å². The predicted molar refractivity (Wildman–Crippen MR) is 58.9 cm³/mol. The van der Waals surface area contributed by atoms with Crippen LogP contribution in [0.4, 0.5) is 0 Å². The fourth-order valence-electron chi connectivity index (χ4n) is 1.23. The lowest BCUT2D eigenvalue weighted by Gasteiger charge is -1.99. The van der Waals surface area contributed by atoms with Gasteiger partial charge in [0.2, 0.25) is 0 Å². The summed E-state index contributed by atoms with van der Waals surface area (Å²) >= 11 is 0. The second-order valence-electron chi connectivity index (χ2n) is 3.30. The molecule has 76 valence electrons. The Morgan fingerprint density at radius 1 is 1.08 bits per heavy atom. The second kappa shape index (κ2) is 9.37. The van der Waals surface area contributed by atoms with E-state index in [2.05, 4.69) is 19.1 Å². The Labute approximate surface area is 82.2 Å². The molecule has 0 radical (unpaired) electrons. The molecule has 0 rings (SSSR count). The largest absolute Gasteiger partial charge is 0.513 e. The molecule has 0 amide bonds. The summed E-state index contributed by atoms with van der Waals surface area (Å²) in [5.74, 6) is 0.536. The minimum absolute atomic E-state index is 0.536. The molecule has 0 aromatic carbocycles. The van der Waals surface area contributed by atoms with Gasteiger partial charge in [0.25, 0.3) is 0 Å². The summed E-state index contributed by atoms with van der Waals surface area (Å²) in [6.07, 6.45) is 13.0. The van der Waals surface area contributed by atoms with Crippen LogP contribution < -0.4 is 0 Å². The van der Waals surface area contributed by atoms with Crippen molar-refractivity contribution in [2.75, 3.05) is 0 Å². The number of aliphatic hydroxyl groups excluding tert-OH is 1. The van der Waals surface area contributed by atoms with Crippen molar-refractivity contribution >= 4 is 0 Å². The molecule has 1 N–H and O–H groups in total. The van der Waals surface area contributed by atoms with Crippen LogP contribution in [0.3, 0.4) is 0 Å². The molecule has 0 aliphatic rings. The van der Waals surface area contributed by atoms with Crippen molar-refractivity contribution < 1.29 is 5.11 Å². The summed E-state index contributed by atoms with van der Waals surface area (Å²) in [6, 6.07) is 0. The molecule has 0 spiro atoms. The molecule has 0 aromatic rings. The van der Waals surface area contributed by atoms with E-state index in [-0.39, 0.29) is 0 Å². The SMILES string of the molecule is CC=CCCCCCCC(O)=CC. The zero-order valence-corrected chi connectivity index (χ0v) is 8.92. The highest BCUT2D eigenvalue weighted by Gasteiger charge is 1.92. The first-order valence-corrected chi connectivity index (χ1v) is 5.26. The van der Waals surface area contributed by atoms with Crippen LogP contribution in [0.5, 0.6) is 0 Å². The molecular formula is C12H22O. The summed E-state index contributed by atoms with van der Waals surface area (Å²) in [7, 11) is 0. The maximum Gasteiger partial charge on any atom is 0.0880 e. The molecule has 0 saturated carbocycles. The van der Waals surface area contributed by atoms with Gasteiger partial charge in [-0.15, -0.1) is 0 Å². The summed E-state index contributed by atoms with van der Waals surface area (Å²) in [5.41, 5.74) is 0. The Morgan fingerprint density at radius 3 is 2.38 bits per heavy atom. The number of aliphatic hydroxyl groups is 1. The Bertz CT molecular complexity index is 157. The molecule has 0 aliphatic heterocycles.